The molecule has 0 unspecified atom stereocenters. The van der Waals surface area contributed by atoms with Gasteiger partial charge < -0.3 is 0 Å². The Kier molecular flexibility index (Phi) is 3.09. The predicted octanol–water partition coefficient (Wildman–Crippen LogP) is 3.59. The van der Waals surface area contributed by atoms with Crippen LogP contribution >= 0.6 is 11.8 Å². The number of hydrogen-bond acceptors (Lipinski definition) is 2. The van der Waals surface area contributed by atoms with Crippen molar-refractivity contribution >= 4 is 46.5 Å². The van der Waals surface area contributed by atoms with Gasteiger partial charge in [-0.25, -0.2) is 0 Å². The molecule has 2 aromatic carbocycles. The molecular formula is C14H15NSSn. The van der Waals surface area contributed by atoms with E-state index in [9.17, 15) is 0 Å². The number of para-hydroxylation sites is 2. The molecule has 0 saturated carbocycles. The molecule has 1 nitrogen and oxygen atoms in total. The van der Waals surface area contributed by atoms with E-state index < -0.39 is 19.8 Å². The molecule has 0 atom stereocenters. The van der Waals surface area contributed by atoms with E-state index in [1.54, 1.807) is 3.58 Å². The number of nitrogens with one attached hydrogen (secondary N) is 1. The zero-order chi connectivity index (χ0) is 11.8. The Morgan fingerprint density at radius 3 is 2.53 bits per heavy atom. The fourth-order valence-electron chi connectivity index (χ4n) is 2.16. The standard InChI is InChI=1S/C12H8NS.2CH3.Sn.H/c1-3-7-11-9(5-1)13-10-6-2-4-8-12(10)14-11;;;;/h1-5,7-8,13H;2*1H3;;. The van der Waals surface area contributed by atoms with Crippen molar-refractivity contribution in [3.63, 3.8) is 0 Å². The molecule has 2 aromatic rings. The second kappa shape index (κ2) is 4.58. The monoisotopic (exact) mass is 349 g/mol. The van der Waals surface area contributed by atoms with Crippen molar-refractivity contribution in [1.82, 2.24) is 0 Å². The van der Waals surface area contributed by atoms with Crippen LogP contribution in [0.3, 0.4) is 0 Å². The molecule has 1 N–H and O–H groups in total. The summed E-state index contributed by atoms with van der Waals surface area (Å²) in [5, 5.41) is 3.62. The quantitative estimate of drug-likeness (QED) is 0.675. The molecule has 0 fully saturated rings. The Balaban J connectivity index is 2.12. The molecule has 86 valence electrons. The summed E-state index contributed by atoms with van der Waals surface area (Å²) >= 11 is 0.421. The molecule has 1 aliphatic heterocycles. The second-order valence-corrected chi connectivity index (χ2v) is 14.0. The van der Waals surface area contributed by atoms with Gasteiger partial charge in [-0.15, -0.1) is 0 Å². The summed E-state index contributed by atoms with van der Waals surface area (Å²) in [4.78, 5) is 7.61. The van der Waals surface area contributed by atoms with Gasteiger partial charge in [-0.1, -0.05) is 0 Å². The van der Waals surface area contributed by atoms with Crippen molar-refractivity contribution in [2.75, 3.05) is 5.32 Å². The first-order valence-electron chi connectivity index (χ1n) is 5.92. The topological polar surface area (TPSA) is 12.0 Å². The molecule has 0 spiro atoms. The third kappa shape index (κ3) is 2.08. The molecule has 1 aliphatic rings. The fraction of sp³-hybridized carbons (Fsp3) is 0.143. The maximum absolute atomic E-state index is 3.62. The zero-order valence-electron chi connectivity index (χ0n) is 10.0. The molecule has 0 radical (unpaired) electrons. The molecule has 17 heavy (non-hydrogen) atoms. The number of fused-ring (bicyclic) bond motifs is 2. The van der Waals surface area contributed by atoms with Gasteiger partial charge in [0.05, 0.1) is 0 Å². The first-order valence-corrected chi connectivity index (χ1v) is 15.0. The van der Waals surface area contributed by atoms with Gasteiger partial charge in [0.2, 0.25) is 0 Å². The summed E-state index contributed by atoms with van der Waals surface area (Å²) in [6, 6.07) is 15.3. The molecule has 3 heteroatoms. The van der Waals surface area contributed by atoms with Crippen LogP contribution < -0.4 is 8.90 Å². The van der Waals surface area contributed by atoms with E-state index in [2.05, 4.69) is 57.7 Å². The second-order valence-electron chi connectivity index (χ2n) is 4.60. The van der Waals surface area contributed by atoms with Gasteiger partial charge in [0, 0.05) is 0 Å². The normalized spacial score (nSPS) is 12.9. The van der Waals surface area contributed by atoms with Gasteiger partial charge in [0.25, 0.3) is 0 Å². The van der Waals surface area contributed by atoms with E-state index in [-0.39, 0.29) is 0 Å². The Morgan fingerprint density at radius 2 is 1.71 bits per heavy atom. The Hall–Kier alpha value is -0.611. The first-order chi connectivity index (χ1) is 8.25. The number of benzene rings is 2. The van der Waals surface area contributed by atoms with E-state index >= 15 is 0 Å². The third-order valence-electron chi connectivity index (χ3n) is 3.05. The van der Waals surface area contributed by atoms with Gasteiger partial charge in [-0.2, -0.15) is 0 Å². The predicted molar refractivity (Wildman–Crippen MR) is 78.8 cm³/mol. The number of anilines is 2. The number of hydrogen-bond donors (Lipinski definition) is 1. The van der Waals surface area contributed by atoms with Gasteiger partial charge in [0.15, 0.2) is 0 Å². The Bertz CT molecular complexity index is 566. The minimum atomic E-state index is -1.46. The van der Waals surface area contributed by atoms with E-state index in [4.69, 9.17) is 0 Å². The van der Waals surface area contributed by atoms with Crippen molar-refractivity contribution in [3.05, 3.63) is 42.5 Å². The molecule has 0 bridgehead atoms. The van der Waals surface area contributed by atoms with Crippen LogP contribution in [0.15, 0.2) is 52.3 Å². The van der Waals surface area contributed by atoms with Gasteiger partial charge in [-0.3, -0.25) is 0 Å². The molecule has 0 aromatic heterocycles. The van der Waals surface area contributed by atoms with Crippen molar-refractivity contribution in [2.24, 2.45) is 0 Å². The van der Waals surface area contributed by atoms with Crippen molar-refractivity contribution < 1.29 is 0 Å². The van der Waals surface area contributed by atoms with E-state index in [1.165, 1.54) is 21.2 Å². The van der Waals surface area contributed by atoms with Crippen molar-refractivity contribution in [3.8, 4) is 0 Å². The average molecular weight is 348 g/mol. The van der Waals surface area contributed by atoms with E-state index in [1.807, 2.05) is 11.8 Å². The zero-order valence-corrected chi connectivity index (χ0v) is 14.1. The summed E-state index contributed by atoms with van der Waals surface area (Å²) < 4.78 is 1.60. The fourth-order valence-corrected chi connectivity index (χ4v) is 7.20. The molecule has 1 heterocycles. The van der Waals surface area contributed by atoms with Crippen LogP contribution in [0.4, 0.5) is 11.4 Å². The molecule has 0 aliphatic carbocycles. The van der Waals surface area contributed by atoms with Crippen LogP contribution in [-0.2, 0) is 0 Å². The van der Waals surface area contributed by atoms with Crippen molar-refractivity contribution in [2.45, 2.75) is 19.7 Å². The minimum absolute atomic E-state index is 1.25. The van der Waals surface area contributed by atoms with Crippen molar-refractivity contribution in [1.29, 1.82) is 0 Å². The third-order valence-corrected chi connectivity index (χ3v) is 9.11. The van der Waals surface area contributed by atoms with Crippen LogP contribution in [0, 0.1) is 0 Å². The van der Waals surface area contributed by atoms with Crippen LogP contribution in [0.5, 0.6) is 0 Å². The summed E-state index contributed by atoms with van der Waals surface area (Å²) in [6.07, 6.45) is 0. The molecule has 0 saturated heterocycles. The first kappa shape index (κ1) is 11.5. The van der Waals surface area contributed by atoms with Gasteiger partial charge >= 0.3 is 114 Å². The van der Waals surface area contributed by atoms with E-state index in [0.29, 0.717) is 0 Å². The van der Waals surface area contributed by atoms with Crippen LogP contribution in [0.25, 0.3) is 0 Å². The van der Waals surface area contributed by atoms with Gasteiger partial charge in [-0.05, 0) is 0 Å². The summed E-state index contributed by atoms with van der Waals surface area (Å²) in [6.45, 7) is 0. The molecule has 3 rings (SSSR count). The molecule has 0 amide bonds. The van der Waals surface area contributed by atoms with Crippen LogP contribution in [0.2, 0.25) is 9.88 Å². The summed E-state index contributed by atoms with van der Waals surface area (Å²) in [5.74, 6) is 0. The Morgan fingerprint density at radius 1 is 0.941 bits per heavy atom. The van der Waals surface area contributed by atoms with E-state index in [0.717, 1.165) is 0 Å². The average Bonchev–Trinajstić information content (AvgIpc) is 2.35. The number of rotatable bonds is 1. The summed E-state index contributed by atoms with van der Waals surface area (Å²) in [5.41, 5.74) is 2.63. The van der Waals surface area contributed by atoms with Crippen LogP contribution in [-0.4, -0.2) is 19.8 Å². The van der Waals surface area contributed by atoms with Gasteiger partial charge in [0.1, 0.15) is 0 Å². The Labute approximate surface area is 113 Å². The molecular weight excluding hydrogens is 333 g/mol. The summed E-state index contributed by atoms with van der Waals surface area (Å²) in [7, 11) is 0. The SMILES string of the molecule is [CH3][SnH]([CH3])[c]1cccc2c1Nc1ccccc1S2. The maximum atomic E-state index is 3.62. The van der Waals surface area contributed by atoms with Crippen LogP contribution in [0.1, 0.15) is 0 Å².